The molecule has 2 atom stereocenters. The third kappa shape index (κ3) is 4.60. The highest BCUT2D eigenvalue weighted by molar-refractivity contribution is 4.80. The molecular formula is C10H20O3. The first-order chi connectivity index (χ1) is 6.24. The molecule has 1 saturated carbocycles. The van der Waals surface area contributed by atoms with Crippen molar-refractivity contribution in [1.29, 1.82) is 0 Å². The van der Waals surface area contributed by atoms with E-state index in [-0.39, 0.29) is 12.2 Å². The summed E-state index contributed by atoms with van der Waals surface area (Å²) in [5.41, 5.74) is 0. The number of hydrogen-bond donors (Lipinski definition) is 1. The summed E-state index contributed by atoms with van der Waals surface area (Å²) >= 11 is 0. The minimum atomic E-state index is -0.260. The lowest BCUT2D eigenvalue weighted by Gasteiger charge is -2.15. The molecule has 0 amide bonds. The molecule has 3 nitrogen and oxygen atoms in total. The first-order valence-corrected chi connectivity index (χ1v) is 5.11. The molecule has 78 valence electrons. The second kappa shape index (κ2) is 5.58. The molecular weight excluding hydrogens is 168 g/mol. The number of aliphatic hydroxyl groups excluding tert-OH is 1. The summed E-state index contributed by atoms with van der Waals surface area (Å²) in [6.45, 7) is 5.73. The van der Waals surface area contributed by atoms with Gasteiger partial charge < -0.3 is 14.6 Å². The van der Waals surface area contributed by atoms with Crippen LogP contribution in [0.15, 0.2) is 0 Å². The monoisotopic (exact) mass is 188 g/mol. The quantitative estimate of drug-likeness (QED) is 0.652. The summed E-state index contributed by atoms with van der Waals surface area (Å²) in [5.74, 6) is 0.499. The molecule has 3 heteroatoms. The van der Waals surface area contributed by atoms with Gasteiger partial charge in [-0.15, -0.1) is 0 Å². The molecule has 1 aliphatic carbocycles. The van der Waals surface area contributed by atoms with E-state index in [1.54, 1.807) is 0 Å². The number of hydrogen-bond acceptors (Lipinski definition) is 3. The van der Waals surface area contributed by atoms with Gasteiger partial charge in [-0.3, -0.25) is 0 Å². The Balaban J connectivity index is 1.96. The third-order valence-corrected chi connectivity index (χ3v) is 2.27. The molecule has 1 fully saturated rings. The molecule has 0 heterocycles. The lowest BCUT2D eigenvalue weighted by atomic mass is 10.2. The van der Waals surface area contributed by atoms with Crippen molar-refractivity contribution < 1.29 is 14.6 Å². The third-order valence-electron chi connectivity index (χ3n) is 2.27. The van der Waals surface area contributed by atoms with Gasteiger partial charge in [-0.1, -0.05) is 0 Å². The van der Waals surface area contributed by atoms with Crippen molar-refractivity contribution in [2.45, 2.75) is 38.9 Å². The Kier molecular flexibility index (Phi) is 4.70. The van der Waals surface area contributed by atoms with Gasteiger partial charge in [0.2, 0.25) is 0 Å². The highest BCUT2D eigenvalue weighted by Crippen LogP contribution is 2.32. The topological polar surface area (TPSA) is 38.7 Å². The van der Waals surface area contributed by atoms with E-state index in [4.69, 9.17) is 9.47 Å². The van der Waals surface area contributed by atoms with Crippen LogP contribution in [0.3, 0.4) is 0 Å². The van der Waals surface area contributed by atoms with Crippen molar-refractivity contribution in [1.82, 2.24) is 0 Å². The van der Waals surface area contributed by atoms with Gasteiger partial charge in [-0.2, -0.15) is 0 Å². The van der Waals surface area contributed by atoms with E-state index in [9.17, 15) is 5.11 Å². The van der Waals surface area contributed by atoms with E-state index in [1.165, 1.54) is 0 Å². The molecule has 0 radical (unpaired) electrons. The molecule has 0 aliphatic heterocycles. The maximum Gasteiger partial charge on any atom is 0.0801 e. The summed E-state index contributed by atoms with van der Waals surface area (Å²) < 4.78 is 10.6. The smallest absolute Gasteiger partial charge is 0.0801 e. The van der Waals surface area contributed by atoms with Crippen molar-refractivity contribution in [3.63, 3.8) is 0 Å². The zero-order valence-corrected chi connectivity index (χ0v) is 8.53. The first kappa shape index (κ1) is 11.0. The minimum Gasteiger partial charge on any atom is -0.390 e. The van der Waals surface area contributed by atoms with Crippen LogP contribution in [-0.4, -0.2) is 37.1 Å². The Hall–Kier alpha value is -0.120. The van der Waals surface area contributed by atoms with E-state index < -0.39 is 0 Å². The van der Waals surface area contributed by atoms with E-state index in [0.29, 0.717) is 19.1 Å². The molecule has 1 aliphatic rings. The number of rotatable bonds is 7. The standard InChI is InChI=1S/C10H20O3/c1-3-12-6-8(2)13-7-10(11)9-4-5-9/h8-11H,3-7H2,1-2H3. The fourth-order valence-electron chi connectivity index (χ4n) is 1.21. The van der Waals surface area contributed by atoms with Gasteiger partial charge in [0.15, 0.2) is 0 Å². The van der Waals surface area contributed by atoms with Crippen LogP contribution in [-0.2, 0) is 9.47 Å². The van der Waals surface area contributed by atoms with E-state index in [2.05, 4.69) is 0 Å². The SMILES string of the molecule is CCOCC(C)OCC(O)C1CC1. The normalized spacial score (nSPS) is 21.5. The predicted octanol–water partition coefficient (Wildman–Crippen LogP) is 1.20. The van der Waals surface area contributed by atoms with E-state index >= 15 is 0 Å². The Morgan fingerprint density at radius 1 is 1.38 bits per heavy atom. The average Bonchev–Trinajstić information content (AvgIpc) is 2.93. The second-order valence-electron chi connectivity index (χ2n) is 3.71. The zero-order chi connectivity index (χ0) is 9.68. The zero-order valence-electron chi connectivity index (χ0n) is 8.53. The first-order valence-electron chi connectivity index (χ1n) is 5.11. The molecule has 0 bridgehead atoms. The predicted molar refractivity (Wildman–Crippen MR) is 50.6 cm³/mol. The molecule has 0 aromatic heterocycles. The van der Waals surface area contributed by atoms with Crippen LogP contribution in [0.25, 0.3) is 0 Å². The summed E-state index contributed by atoms with van der Waals surface area (Å²) in [6, 6.07) is 0. The average molecular weight is 188 g/mol. The van der Waals surface area contributed by atoms with E-state index in [0.717, 1.165) is 19.4 Å². The van der Waals surface area contributed by atoms with Gasteiger partial charge in [0, 0.05) is 6.61 Å². The Bertz CT molecular complexity index is 134. The summed E-state index contributed by atoms with van der Waals surface area (Å²) in [5, 5.41) is 9.50. The van der Waals surface area contributed by atoms with Gasteiger partial charge in [-0.05, 0) is 32.6 Å². The molecule has 0 aromatic rings. The van der Waals surface area contributed by atoms with Gasteiger partial charge in [-0.25, -0.2) is 0 Å². The molecule has 0 saturated heterocycles. The molecule has 13 heavy (non-hydrogen) atoms. The maximum atomic E-state index is 9.50. The van der Waals surface area contributed by atoms with Gasteiger partial charge in [0.1, 0.15) is 0 Å². The van der Waals surface area contributed by atoms with Crippen molar-refractivity contribution in [2.24, 2.45) is 5.92 Å². The van der Waals surface area contributed by atoms with Gasteiger partial charge >= 0.3 is 0 Å². The van der Waals surface area contributed by atoms with Crippen LogP contribution < -0.4 is 0 Å². The van der Waals surface area contributed by atoms with Crippen molar-refractivity contribution in [3.8, 4) is 0 Å². The molecule has 0 aromatic carbocycles. The van der Waals surface area contributed by atoms with Crippen molar-refractivity contribution in [2.75, 3.05) is 19.8 Å². The van der Waals surface area contributed by atoms with Crippen molar-refractivity contribution in [3.05, 3.63) is 0 Å². The van der Waals surface area contributed by atoms with Gasteiger partial charge in [0.25, 0.3) is 0 Å². The van der Waals surface area contributed by atoms with E-state index in [1.807, 2.05) is 13.8 Å². The Labute approximate surface area is 80.0 Å². The van der Waals surface area contributed by atoms with Crippen molar-refractivity contribution >= 4 is 0 Å². The van der Waals surface area contributed by atoms with Gasteiger partial charge in [0.05, 0.1) is 25.4 Å². The number of ether oxygens (including phenoxy) is 2. The highest BCUT2D eigenvalue weighted by atomic mass is 16.5. The molecule has 1 rings (SSSR count). The van der Waals surface area contributed by atoms with Crippen LogP contribution in [0.5, 0.6) is 0 Å². The molecule has 0 spiro atoms. The van der Waals surface area contributed by atoms with Crippen LogP contribution in [0.1, 0.15) is 26.7 Å². The molecule has 1 N–H and O–H groups in total. The second-order valence-corrected chi connectivity index (χ2v) is 3.71. The largest absolute Gasteiger partial charge is 0.390 e. The Morgan fingerprint density at radius 3 is 2.62 bits per heavy atom. The van der Waals surface area contributed by atoms with Crippen LogP contribution in [0, 0.1) is 5.92 Å². The fraction of sp³-hybridized carbons (Fsp3) is 1.00. The number of aliphatic hydroxyl groups is 1. The van der Waals surface area contributed by atoms with Crippen LogP contribution in [0.4, 0.5) is 0 Å². The fourth-order valence-corrected chi connectivity index (χ4v) is 1.21. The lowest BCUT2D eigenvalue weighted by molar-refractivity contribution is -0.0436. The minimum absolute atomic E-state index is 0.0911. The summed E-state index contributed by atoms with van der Waals surface area (Å²) in [7, 11) is 0. The van der Waals surface area contributed by atoms with Crippen LogP contribution in [0.2, 0.25) is 0 Å². The lowest BCUT2D eigenvalue weighted by Crippen LogP contribution is -2.24. The molecule has 2 unspecified atom stereocenters. The summed E-state index contributed by atoms with van der Waals surface area (Å²) in [4.78, 5) is 0. The van der Waals surface area contributed by atoms with Crippen LogP contribution >= 0.6 is 0 Å². The summed E-state index contributed by atoms with van der Waals surface area (Å²) in [6.07, 6.45) is 2.15. The maximum absolute atomic E-state index is 9.50. The Morgan fingerprint density at radius 2 is 2.08 bits per heavy atom. The highest BCUT2D eigenvalue weighted by Gasteiger charge is 2.29.